The lowest BCUT2D eigenvalue weighted by Gasteiger charge is -2.25. The molecule has 39 heavy (non-hydrogen) atoms. The number of phenolic OH excluding ortho intramolecular Hbond substituents is 5. The van der Waals surface area contributed by atoms with E-state index in [0.717, 1.165) is 12.1 Å². The first-order valence-corrected chi connectivity index (χ1v) is 12.0. The fraction of sp³-hybridized carbons (Fsp3) is 0.172. The van der Waals surface area contributed by atoms with Crippen LogP contribution in [0.25, 0.3) is 43.6 Å². The normalized spacial score (nSPS) is 15.2. The predicted molar refractivity (Wildman–Crippen MR) is 141 cm³/mol. The Bertz CT molecular complexity index is 2000. The van der Waals surface area contributed by atoms with Crippen LogP contribution < -0.4 is 10.2 Å². The molecule has 0 saturated carbocycles. The van der Waals surface area contributed by atoms with Gasteiger partial charge in [-0.3, -0.25) is 9.59 Å². The quantitative estimate of drug-likeness (QED) is 0.162. The van der Waals surface area contributed by atoms with Crippen LogP contribution in [-0.4, -0.2) is 42.5 Å². The summed E-state index contributed by atoms with van der Waals surface area (Å²) in [4.78, 5) is 26.1. The first-order chi connectivity index (χ1) is 18.4. The van der Waals surface area contributed by atoms with Crippen molar-refractivity contribution in [1.29, 1.82) is 0 Å². The minimum absolute atomic E-state index is 0.00240. The van der Waals surface area contributed by atoms with Gasteiger partial charge in [0, 0.05) is 46.0 Å². The van der Waals surface area contributed by atoms with E-state index in [1.54, 1.807) is 20.8 Å². The highest BCUT2D eigenvalue weighted by atomic mass is 16.5. The fourth-order valence-electron chi connectivity index (χ4n) is 5.42. The van der Waals surface area contributed by atoms with Gasteiger partial charge in [-0.2, -0.15) is 0 Å². The number of aryl methyl sites for hydroxylation is 1. The maximum Gasteiger partial charge on any atom is 0.190 e. The molecule has 10 nitrogen and oxygen atoms in total. The summed E-state index contributed by atoms with van der Waals surface area (Å²) in [6, 6.07) is 4.45. The van der Waals surface area contributed by atoms with Crippen LogP contribution >= 0.6 is 0 Å². The average Bonchev–Trinajstić information content (AvgIpc) is 2.83. The third-order valence-corrected chi connectivity index (χ3v) is 7.34. The molecule has 0 unspecified atom stereocenters. The van der Waals surface area contributed by atoms with Crippen molar-refractivity contribution in [3.05, 3.63) is 51.4 Å². The second kappa shape index (κ2) is 7.94. The molecule has 0 fully saturated rings. The van der Waals surface area contributed by atoms with Crippen LogP contribution in [0.1, 0.15) is 35.0 Å². The van der Waals surface area contributed by atoms with E-state index < -0.39 is 46.1 Å². The number of rotatable bonds is 1. The van der Waals surface area contributed by atoms with E-state index in [9.17, 15) is 40.2 Å². The van der Waals surface area contributed by atoms with Crippen LogP contribution in [0, 0.1) is 13.8 Å². The highest BCUT2D eigenvalue weighted by Crippen LogP contribution is 2.52. The second-order valence-electron chi connectivity index (χ2n) is 9.79. The lowest BCUT2D eigenvalue weighted by molar-refractivity contribution is 0.0867. The van der Waals surface area contributed by atoms with Gasteiger partial charge in [0.2, 0.25) is 0 Å². The summed E-state index contributed by atoms with van der Waals surface area (Å²) in [5.74, 6) is -3.15. The molecule has 0 spiro atoms. The van der Waals surface area contributed by atoms with Gasteiger partial charge in [0.25, 0.3) is 0 Å². The minimum Gasteiger partial charge on any atom is -0.507 e. The van der Waals surface area contributed by atoms with Crippen LogP contribution in [0.15, 0.2) is 33.5 Å². The first kappa shape index (κ1) is 24.2. The number of carbonyl (C=O) groups is 1. The van der Waals surface area contributed by atoms with Gasteiger partial charge in [0.1, 0.15) is 68.6 Å². The zero-order valence-electron chi connectivity index (χ0n) is 20.9. The maximum atomic E-state index is 13.4. The van der Waals surface area contributed by atoms with E-state index in [1.807, 2.05) is 0 Å². The molecule has 1 aliphatic rings. The molecule has 0 aliphatic carbocycles. The van der Waals surface area contributed by atoms with E-state index in [2.05, 4.69) is 0 Å². The lowest BCUT2D eigenvalue weighted by Crippen LogP contribution is -2.24. The molecule has 10 heteroatoms. The molecule has 1 atom stereocenters. The highest BCUT2D eigenvalue weighted by Gasteiger charge is 2.32. The number of phenols is 5. The monoisotopic (exact) mass is 530 g/mol. The number of benzene rings is 4. The molecule has 6 rings (SSSR count). The van der Waals surface area contributed by atoms with Crippen LogP contribution in [0.5, 0.6) is 40.2 Å². The second-order valence-corrected chi connectivity index (χ2v) is 9.79. The molecule has 0 radical (unpaired) electrons. The number of fused-ring (bicyclic) bond motifs is 4. The van der Waals surface area contributed by atoms with E-state index >= 15 is 0 Å². The van der Waals surface area contributed by atoms with E-state index in [-0.39, 0.29) is 67.1 Å². The van der Waals surface area contributed by atoms with Crippen molar-refractivity contribution in [3.8, 4) is 51.4 Å². The molecule has 4 aromatic carbocycles. The van der Waals surface area contributed by atoms with Gasteiger partial charge < -0.3 is 39.8 Å². The molecule has 0 amide bonds. The van der Waals surface area contributed by atoms with Crippen LogP contribution in [0.3, 0.4) is 0 Å². The molecule has 0 saturated heterocycles. The van der Waals surface area contributed by atoms with Gasteiger partial charge in [-0.05, 0) is 32.9 Å². The number of hydrogen-bond acceptors (Lipinski definition) is 10. The van der Waals surface area contributed by atoms with Gasteiger partial charge in [0.15, 0.2) is 11.2 Å². The van der Waals surface area contributed by atoms with Crippen molar-refractivity contribution in [2.24, 2.45) is 0 Å². The van der Waals surface area contributed by atoms with E-state index in [1.165, 1.54) is 12.1 Å². The Hall–Kier alpha value is -5.12. The summed E-state index contributed by atoms with van der Waals surface area (Å²) < 4.78 is 11.6. The van der Waals surface area contributed by atoms with Crippen molar-refractivity contribution in [1.82, 2.24) is 0 Å². The zero-order valence-corrected chi connectivity index (χ0v) is 20.9. The Morgan fingerprint density at radius 3 is 2.08 bits per heavy atom. The van der Waals surface area contributed by atoms with Crippen molar-refractivity contribution in [2.75, 3.05) is 0 Å². The number of hydrogen-bond donors (Lipinski definition) is 6. The Morgan fingerprint density at radius 2 is 1.36 bits per heavy atom. The molecule has 6 N–H and O–H groups in total. The fourth-order valence-corrected chi connectivity index (χ4v) is 5.42. The summed E-state index contributed by atoms with van der Waals surface area (Å²) in [5.41, 5.74) is -0.895. The summed E-state index contributed by atoms with van der Waals surface area (Å²) >= 11 is 0. The molecule has 5 aromatic rings. The Kier molecular flexibility index (Phi) is 4.93. The Morgan fingerprint density at radius 1 is 0.718 bits per heavy atom. The molecule has 1 aliphatic heterocycles. The molecular weight excluding hydrogens is 508 g/mol. The Labute approximate surface area is 219 Å². The topological polar surface area (TPSA) is 178 Å². The lowest BCUT2D eigenvalue weighted by atomic mass is 9.88. The third kappa shape index (κ3) is 3.21. The Balaban J connectivity index is 1.83. The van der Waals surface area contributed by atoms with Crippen LogP contribution in [-0.2, 0) is 0 Å². The highest BCUT2D eigenvalue weighted by molar-refractivity contribution is 6.18. The van der Waals surface area contributed by atoms with E-state index in [0.29, 0.717) is 11.3 Å². The van der Waals surface area contributed by atoms with E-state index in [4.69, 9.17) is 9.15 Å². The van der Waals surface area contributed by atoms with Gasteiger partial charge in [0.05, 0.1) is 10.8 Å². The van der Waals surface area contributed by atoms with Gasteiger partial charge in [-0.1, -0.05) is 0 Å². The largest absolute Gasteiger partial charge is 0.507 e. The zero-order chi connectivity index (χ0) is 28.1. The van der Waals surface area contributed by atoms with Gasteiger partial charge in [-0.25, -0.2) is 0 Å². The standard InChI is InChI=1S/C29H22O10/c1-9-4-14(30)25-19(38-9)5-12-21(15(31)7-17(33)23(12)28(25)36)22-13-6-20-26(27(35)10(2)11(3)39-20)29(37)24(13)18(34)8-16(22)32/h5-9,31,33-37H,4H2,1-3H3/t9-/m1/s1. The van der Waals surface area contributed by atoms with Crippen molar-refractivity contribution >= 4 is 38.3 Å². The molecule has 198 valence electrons. The van der Waals surface area contributed by atoms with Crippen molar-refractivity contribution in [3.63, 3.8) is 0 Å². The molecule has 2 heterocycles. The first-order valence-electron chi connectivity index (χ1n) is 12.0. The SMILES string of the molecule is Cc1oc2cc3c(-c4c(O)cc(O)c5c(O)c6c(cc45)O[C@H](C)CC6=O)c(=O)cc(O)c3c(O)c2c(O)c1C. The third-order valence-electron chi connectivity index (χ3n) is 7.34. The molecule has 0 bridgehead atoms. The number of aromatic hydroxyl groups is 6. The maximum absolute atomic E-state index is 13.4. The molecule has 1 aromatic heterocycles. The van der Waals surface area contributed by atoms with Gasteiger partial charge >= 0.3 is 0 Å². The minimum atomic E-state index is -0.767. The number of Topliss-reactive ketones (excluding diaryl/α,β-unsaturated/α-hetero) is 1. The predicted octanol–water partition coefficient (Wildman–Crippen LogP) is 4.97. The number of ketones is 1. The average molecular weight is 530 g/mol. The van der Waals surface area contributed by atoms with Crippen LogP contribution in [0.4, 0.5) is 0 Å². The summed E-state index contributed by atoms with van der Waals surface area (Å²) in [6.07, 6.45) is -0.503. The van der Waals surface area contributed by atoms with Crippen molar-refractivity contribution in [2.45, 2.75) is 33.3 Å². The molecular formula is C29H22O10. The number of carbonyl (C=O) groups excluding carboxylic acids is 1. The summed E-state index contributed by atoms with van der Waals surface area (Å²) in [5, 5.41) is 64.8. The number of ether oxygens (including phenoxy) is 1. The van der Waals surface area contributed by atoms with Crippen molar-refractivity contribution < 1.29 is 44.6 Å². The summed E-state index contributed by atoms with van der Waals surface area (Å²) in [6.45, 7) is 4.86. The smallest absolute Gasteiger partial charge is 0.190 e. The summed E-state index contributed by atoms with van der Waals surface area (Å²) in [7, 11) is 0. The van der Waals surface area contributed by atoms with Crippen LogP contribution in [0.2, 0.25) is 0 Å². The van der Waals surface area contributed by atoms with Gasteiger partial charge in [-0.15, -0.1) is 0 Å².